The summed E-state index contributed by atoms with van der Waals surface area (Å²) in [6.07, 6.45) is 5.33. The predicted molar refractivity (Wildman–Crippen MR) is 59.1 cm³/mol. The second-order valence-electron chi connectivity index (χ2n) is 3.72. The van der Waals surface area contributed by atoms with Crippen LogP contribution in [0.1, 0.15) is 33.6 Å². The summed E-state index contributed by atoms with van der Waals surface area (Å²) in [6.45, 7) is 6.48. The Morgan fingerprint density at radius 2 is 1.93 bits per heavy atom. The van der Waals surface area contributed by atoms with Gasteiger partial charge in [-0.25, -0.2) is 9.97 Å². The average Bonchev–Trinajstić information content (AvgIpc) is 2.21. The molecule has 0 aliphatic carbocycles. The molecule has 0 aliphatic rings. The van der Waals surface area contributed by atoms with Crippen LogP contribution in [0.15, 0.2) is 12.4 Å². The van der Waals surface area contributed by atoms with Gasteiger partial charge >= 0.3 is 0 Å². The molecule has 0 bridgehead atoms. The van der Waals surface area contributed by atoms with E-state index in [2.05, 4.69) is 36.1 Å². The van der Waals surface area contributed by atoms with Crippen LogP contribution in [0.3, 0.4) is 0 Å². The number of hydrogen-bond donors (Lipinski definition) is 2. The molecule has 4 heteroatoms. The van der Waals surface area contributed by atoms with Crippen molar-refractivity contribution in [3.63, 3.8) is 0 Å². The zero-order valence-corrected chi connectivity index (χ0v) is 9.04. The van der Waals surface area contributed by atoms with Gasteiger partial charge in [0.2, 0.25) is 0 Å². The van der Waals surface area contributed by atoms with E-state index in [1.165, 1.54) is 0 Å². The highest BCUT2D eigenvalue weighted by atomic mass is 15.1. The van der Waals surface area contributed by atoms with Gasteiger partial charge in [0.05, 0.1) is 12.4 Å². The highest BCUT2D eigenvalue weighted by Gasteiger charge is 2.19. The molecule has 14 heavy (non-hydrogen) atoms. The number of hydrogen-bond acceptors (Lipinski definition) is 4. The Morgan fingerprint density at radius 1 is 1.29 bits per heavy atom. The standard InChI is InChI=1S/C10H18N4/c1-4-10(3,5-2)14-9-7-12-8(11)6-13-9/h6-7H,4-5H2,1-3H3,(H2,11,12)(H,13,14). The first-order chi connectivity index (χ1) is 6.59. The number of nitrogens with two attached hydrogens (primary N) is 1. The third-order valence-corrected chi connectivity index (χ3v) is 2.66. The van der Waals surface area contributed by atoms with Crippen molar-refractivity contribution in [2.75, 3.05) is 11.1 Å². The minimum atomic E-state index is 0.0881. The number of aromatic nitrogens is 2. The van der Waals surface area contributed by atoms with Crippen molar-refractivity contribution in [2.24, 2.45) is 0 Å². The summed E-state index contributed by atoms with van der Waals surface area (Å²) >= 11 is 0. The SMILES string of the molecule is CCC(C)(CC)Nc1cnc(N)cn1. The van der Waals surface area contributed by atoms with E-state index in [-0.39, 0.29) is 5.54 Å². The van der Waals surface area contributed by atoms with Crippen molar-refractivity contribution < 1.29 is 0 Å². The van der Waals surface area contributed by atoms with Crippen molar-refractivity contribution in [3.8, 4) is 0 Å². The molecular formula is C10H18N4. The van der Waals surface area contributed by atoms with Gasteiger partial charge in [-0.3, -0.25) is 0 Å². The van der Waals surface area contributed by atoms with E-state index in [1.54, 1.807) is 12.4 Å². The van der Waals surface area contributed by atoms with Crippen LogP contribution < -0.4 is 11.1 Å². The molecule has 0 radical (unpaired) electrons. The van der Waals surface area contributed by atoms with Gasteiger partial charge < -0.3 is 11.1 Å². The van der Waals surface area contributed by atoms with E-state index in [4.69, 9.17) is 5.73 Å². The third kappa shape index (κ3) is 2.58. The molecule has 0 saturated carbocycles. The second kappa shape index (κ2) is 4.26. The summed E-state index contributed by atoms with van der Waals surface area (Å²) in [6, 6.07) is 0. The van der Waals surface area contributed by atoms with Crippen LogP contribution in [0, 0.1) is 0 Å². The topological polar surface area (TPSA) is 63.8 Å². The molecule has 0 fully saturated rings. The molecule has 3 N–H and O–H groups in total. The molecule has 78 valence electrons. The Bertz CT molecular complexity index is 277. The Kier molecular flexibility index (Phi) is 3.28. The Morgan fingerprint density at radius 3 is 2.36 bits per heavy atom. The monoisotopic (exact) mass is 194 g/mol. The fourth-order valence-electron chi connectivity index (χ4n) is 1.14. The number of anilines is 2. The number of nitrogen functional groups attached to an aromatic ring is 1. The minimum absolute atomic E-state index is 0.0881. The molecule has 0 saturated heterocycles. The van der Waals surface area contributed by atoms with Crippen LogP contribution in [0.2, 0.25) is 0 Å². The molecule has 0 spiro atoms. The maximum atomic E-state index is 5.45. The second-order valence-corrected chi connectivity index (χ2v) is 3.72. The molecule has 0 aromatic carbocycles. The molecule has 1 aromatic rings. The quantitative estimate of drug-likeness (QED) is 0.770. The lowest BCUT2D eigenvalue weighted by Crippen LogP contribution is -2.33. The van der Waals surface area contributed by atoms with E-state index < -0.39 is 0 Å². The van der Waals surface area contributed by atoms with Gasteiger partial charge in [-0.1, -0.05) is 13.8 Å². The smallest absolute Gasteiger partial charge is 0.145 e. The van der Waals surface area contributed by atoms with Crippen LogP contribution in [0.5, 0.6) is 0 Å². The van der Waals surface area contributed by atoms with Gasteiger partial charge in [0.15, 0.2) is 0 Å². The zero-order valence-electron chi connectivity index (χ0n) is 9.04. The van der Waals surface area contributed by atoms with Gasteiger partial charge in [-0.05, 0) is 19.8 Å². The van der Waals surface area contributed by atoms with E-state index >= 15 is 0 Å². The third-order valence-electron chi connectivity index (χ3n) is 2.66. The van der Waals surface area contributed by atoms with Crippen molar-refractivity contribution in [3.05, 3.63) is 12.4 Å². The largest absolute Gasteiger partial charge is 0.382 e. The van der Waals surface area contributed by atoms with Crippen molar-refractivity contribution >= 4 is 11.6 Å². The van der Waals surface area contributed by atoms with Crippen molar-refractivity contribution in [1.82, 2.24) is 9.97 Å². The number of nitrogens with zero attached hydrogens (tertiary/aromatic N) is 2. The summed E-state index contributed by atoms with van der Waals surface area (Å²) in [5.41, 5.74) is 5.54. The zero-order chi connectivity index (χ0) is 10.6. The van der Waals surface area contributed by atoms with E-state index in [9.17, 15) is 0 Å². The lowest BCUT2D eigenvalue weighted by atomic mass is 9.96. The van der Waals surface area contributed by atoms with Crippen LogP contribution >= 0.6 is 0 Å². The fraction of sp³-hybridized carbons (Fsp3) is 0.600. The van der Waals surface area contributed by atoms with Crippen molar-refractivity contribution in [2.45, 2.75) is 39.2 Å². The summed E-state index contributed by atoms with van der Waals surface area (Å²) in [7, 11) is 0. The van der Waals surface area contributed by atoms with E-state index in [0.29, 0.717) is 5.82 Å². The fourth-order valence-corrected chi connectivity index (χ4v) is 1.14. The van der Waals surface area contributed by atoms with Gasteiger partial charge in [0, 0.05) is 5.54 Å². The first-order valence-electron chi connectivity index (χ1n) is 4.95. The van der Waals surface area contributed by atoms with E-state index in [1.807, 2.05) is 0 Å². The van der Waals surface area contributed by atoms with Crippen LogP contribution in [0.25, 0.3) is 0 Å². The summed E-state index contributed by atoms with van der Waals surface area (Å²) in [5, 5.41) is 3.35. The molecule has 0 atom stereocenters. The molecule has 0 aliphatic heterocycles. The normalized spacial score (nSPS) is 11.4. The Balaban J connectivity index is 2.72. The maximum Gasteiger partial charge on any atom is 0.145 e. The molecular weight excluding hydrogens is 176 g/mol. The van der Waals surface area contributed by atoms with Crippen molar-refractivity contribution in [1.29, 1.82) is 0 Å². The molecule has 1 heterocycles. The highest BCUT2D eigenvalue weighted by molar-refractivity contribution is 5.38. The predicted octanol–water partition coefficient (Wildman–Crippen LogP) is 2.05. The molecule has 0 amide bonds. The summed E-state index contributed by atoms with van der Waals surface area (Å²) in [5.74, 6) is 1.23. The highest BCUT2D eigenvalue weighted by Crippen LogP contribution is 2.19. The van der Waals surface area contributed by atoms with Crippen LogP contribution in [-0.2, 0) is 0 Å². The van der Waals surface area contributed by atoms with Gasteiger partial charge in [-0.15, -0.1) is 0 Å². The van der Waals surface area contributed by atoms with E-state index in [0.717, 1.165) is 18.7 Å². The van der Waals surface area contributed by atoms with Crippen LogP contribution in [-0.4, -0.2) is 15.5 Å². The van der Waals surface area contributed by atoms with Gasteiger partial charge in [0.1, 0.15) is 11.6 Å². The average molecular weight is 194 g/mol. The molecule has 4 nitrogen and oxygen atoms in total. The molecule has 1 rings (SSSR count). The van der Waals surface area contributed by atoms with Gasteiger partial charge in [-0.2, -0.15) is 0 Å². The number of nitrogens with one attached hydrogen (secondary N) is 1. The first kappa shape index (κ1) is 10.8. The molecule has 0 unspecified atom stereocenters. The number of rotatable bonds is 4. The minimum Gasteiger partial charge on any atom is -0.382 e. The molecule has 1 aromatic heterocycles. The first-order valence-corrected chi connectivity index (χ1v) is 4.95. The maximum absolute atomic E-state index is 5.45. The lowest BCUT2D eigenvalue weighted by Gasteiger charge is -2.28. The van der Waals surface area contributed by atoms with Gasteiger partial charge in [0.25, 0.3) is 0 Å². The summed E-state index contributed by atoms with van der Waals surface area (Å²) < 4.78 is 0. The summed E-state index contributed by atoms with van der Waals surface area (Å²) in [4.78, 5) is 8.15. The van der Waals surface area contributed by atoms with Crippen LogP contribution in [0.4, 0.5) is 11.6 Å². The lowest BCUT2D eigenvalue weighted by molar-refractivity contribution is 0.476. The Labute approximate surface area is 85.0 Å². The Hall–Kier alpha value is -1.32.